The number of hydrogen-bond donors (Lipinski definition) is 1. The Hall–Kier alpha value is -2.57. The van der Waals surface area contributed by atoms with Gasteiger partial charge in [0.1, 0.15) is 17.3 Å². The molecule has 0 atom stereocenters. The van der Waals surface area contributed by atoms with Gasteiger partial charge >= 0.3 is 0 Å². The van der Waals surface area contributed by atoms with Gasteiger partial charge in [-0.05, 0) is 48.9 Å². The Labute approximate surface area is 156 Å². The summed E-state index contributed by atoms with van der Waals surface area (Å²) in [6.45, 7) is 3.47. The fraction of sp³-hybridized carbons (Fsp3) is 0.250. The van der Waals surface area contributed by atoms with Crippen LogP contribution < -0.4 is 10.1 Å². The zero-order valence-electron chi connectivity index (χ0n) is 15.1. The molecule has 26 heavy (non-hydrogen) atoms. The van der Waals surface area contributed by atoms with E-state index in [4.69, 9.17) is 14.5 Å². The van der Waals surface area contributed by atoms with Crippen molar-refractivity contribution in [2.24, 2.45) is 0 Å². The largest absolute Gasteiger partial charge is 0.497 e. The predicted molar refractivity (Wildman–Crippen MR) is 108 cm³/mol. The summed E-state index contributed by atoms with van der Waals surface area (Å²) >= 11 is 1.71. The van der Waals surface area contributed by atoms with Crippen LogP contribution >= 0.6 is 11.3 Å². The topological polar surface area (TPSA) is 47.8 Å². The molecular weight excluding hydrogens is 346 g/mol. The van der Waals surface area contributed by atoms with E-state index >= 15 is 0 Å². The first-order valence-electron chi connectivity index (χ1n) is 8.50. The van der Waals surface area contributed by atoms with Crippen molar-refractivity contribution in [3.63, 3.8) is 0 Å². The number of ether oxygens (including phenoxy) is 2. The number of nitrogens with zero attached hydrogens (tertiary/aromatic N) is 2. The maximum absolute atomic E-state index is 5.27. The fourth-order valence-electron chi connectivity index (χ4n) is 3.06. The van der Waals surface area contributed by atoms with Gasteiger partial charge in [-0.1, -0.05) is 17.4 Å². The Morgan fingerprint density at radius 3 is 2.65 bits per heavy atom. The van der Waals surface area contributed by atoms with Gasteiger partial charge in [0.25, 0.3) is 0 Å². The van der Waals surface area contributed by atoms with Gasteiger partial charge in [0.05, 0.1) is 23.9 Å². The van der Waals surface area contributed by atoms with Crippen LogP contribution in [0.4, 0.5) is 5.82 Å². The second-order valence-electron chi connectivity index (χ2n) is 6.15. The van der Waals surface area contributed by atoms with E-state index < -0.39 is 0 Å². The van der Waals surface area contributed by atoms with E-state index in [0.29, 0.717) is 6.61 Å². The third-order valence-electron chi connectivity index (χ3n) is 4.37. The summed E-state index contributed by atoms with van der Waals surface area (Å²) in [6.07, 6.45) is 0. The second-order valence-corrected chi connectivity index (χ2v) is 7.16. The SMILES string of the molecule is COCCNc1c(-c2ccc(OC)cc2)nc2sc3cc(C)ccc3n12. The van der Waals surface area contributed by atoms with E-state index in [1.54, 1.807) is 25.6 Å². The average Bonchev–Trinajstić information content (AvgIpc) is 3.18. The molecule has 0 fully saturated rings. The summed E-state index contributed by atoms with van der Waals surface area (Å²) in [5, 5.41) is 3.51. The first-order valence-corrected chi connectivity index (χ1v) is 9.32. The maximum atomic E-state index is 5.27. The molecule has 1 N–H and O–H groups in total. The molecule has 0 spiro atoms. The number of nitrogens with one attached hydrogen (secondary N) is 1. The van der Waals surface area contributed by atoms with Gasteiger partial charge in [-0.15, -0.1) is 0 Å². The van der Waals surface area contributed by atoms with Crippen LogP contribution in [-0.4, -0.2) is 36.8 Å². The summed E-state index contributed by atoms with van der Waals surface area (Å²) in [7, 11) is 3.38. The summed E-state index contributed by atoms with van der Waals surface area (Å²) < 4.78 is 13.9. The third kappa shape index (κ3) is 2.91. The highest BCUT2D eigenvalue weighted by Gasteiger charge is 2.18. The van der Waals surface area contributed by atoms with E-state index in [9.17, 15) is 0 Å². The van der Waals surface area contributed by atoms with Crippen LogP contribution in [-0.2, 0) is 4.74 Å². The Morgan fingerprint density at radius 1 is 1.12 bits per heavy atom. The molecule has 134 valence electrons. The lowest BCUT2D eigenvalue weighted by Gasteiger charge is -2.09. The van der Waals surface area contributed by atoms with Crippen LogP contribution in [0.25, 0.3) is 26.4 Å². The van der Waals surface area contributed by atoms with Crippen molar-refractivity contribution in [3.8, 4) is 17.0 Å². The number of benzene rings is 2. The molecule has 2 heterocycles. The van der Waals surface area contributed by atoms with Gasteiger partial charge in [-0.2, -0.15) is 0 Å². The Bertz CT molecular complexity index is 1050. The molecule has 0 aliphatic heterocycles. The summed E-state index contributed by atoms with van der Waals surface area (Å²) in [5.41, 5.74) is 4.42. The van der Waals surface area contributed by atoms with Crippen LogP contribution in [0, 0.1) is 6.92 Å². The van der Waals surface area contributed by atoms with Gasteiger partial charge in [0.15, 0.2) is 4.96 Å². The molecule has 0 saturated carbocycles. The lowest BCUT2D eigenvalue weighted by Crippen LogP contribution is -2.10. The fourth-order valence-corrected chi connectivity index (χ4v) is 4.19. The van der Waals surface area contributed by atoms with Crippen molar-refractivity contribution in [2.75, 3.05) is 32.7 Å². The van der Waals surface area contributed by atoms with Crippen molar-refractivity contribution in [3.05, 3.63) is 48.0 Å². The van der Waals surface area contributed by atoms with Crippen molar-refractivity contribution < 1.29 is 9.47 Å². The molecule has 4 rings (SSSR count). The van der Waals surface area contributed by atoms with Gasteiger partial charge in [0, 0.05) is 19.2 Å². The molecule has 0 unspecified atom stereocenters. The van der Waals surface area contributed by atoms with Crippen LogP contribution in [0.5, 0.6) is 5.75 Å². The Balaban J connectivity index is 1.88. The highest BCUT2D eigenvalue weighted by atomic mass is 32.1. The Kier molecular flexibility index (Phi) is 4.53. The molecule has 5 nitrogen and oxygen atoms in total. The molecule has 0 aliphatic rings. The van der Waals surface area contributed by atoms with Crippen LogP contribution in [0.2, 0.25) is 0 Å². The minimum absolute atomic E-state index is 0.635. The molecule has 6 heteroatoms. The monoisotopic (exact) mass is 367 g/mol. The molecule has 0 aliphatic carbocycles. The summed E-state index contributed by atoms with van der Waals surface area (Å²) in [6, 6.07) is 14.5. The lowest BCUT2D eigenvalue weighted by atomic mass is 10.1. The molecule has 0 radical (unpaired) electrons. The summed E-state index contributed by atoms with van der Waals surface area (Å²) in [4.78, 5) is 5.90. The number of aromatic nitrogens is 2. The van der Waals surface area contributed by atoms with Crippen molar-refractivity contribution >= 4 is 32.3 Å². The number of aryl methyl sites for hydroxylation is 1. The molecule has 0 bridgehead atoms. The number of rotatable bonds is 6. The zero-order valence-corrected chi connectivity index (χ0v) is 15.9. The van der Waals surface area contributed by atoms with E-state index in [2.05, 4.69) is 34.8 Å². The minimum atomic E-state index is 0.635. The first kappa shape index (κ1) is 16.9. The van der Waals surface area contributed by atoms with E-state index in [-0.39, 0.29) is 0 Å². The summed E-state index contributed by atoms with van der Waals surface area (Å²) in [5.74, 6) is 1.84. The van der Waals surface area contributed by atoms with Crippen molar-refractivity contribution in [2.45, 2.75) is 6.92 Å². The quantitative estimate of drug-likeness (QED) is 0.506. The van der Waals surface area contributed by atoms with Crippen molar-refractivity contribution in [1.29, 1.82) is 0 Å². The normalized spacial score (nSPS) is 11.3. The molecular formula is C20H21N3O2S. The third-order valence-corrected chi connectivity index (χ3v) is 5.37. The number of hydrogen-bond acceptors (Lipinski definition) is 5. The standard InChI is InChI=1S/C20H21N3O2S/c1-13-4-9-16-17(12-13)26-20-22-18(14-5-7-15(25-3)8-6-14)19(23(16)20)21-10-11-24-2/h4-9,12,21H,10-11H2,1-3H3. The number of imidazole rings is 1. The Morgan fingerprint density at radius 2 is 1.92 bits per heavy atom. The maximum Gasteiger partial charge on any atom is 0.197 e. The van der Waals surface area contributed by atoms with Crippen LogP contribution in [0.3, 0.4) is 0 Å². The molecule has 4 aromatic rings. The van der Waals surface area contributed by atoms with E-state index in [1.807, 2.05) is 24.3 Å². The molecule has 0 saturated heterocycles. The lowest BCUT2D eigenvalue weighted by molar-refractivity contribution is 0.210. The van der Waals surface area contributed by atoms with Gasteiger partial charge in [0.2, 0.25) is 0 Å². The molecule has 0 amide bonds. The zero-order chi connectivity index (χ0) is 18.1. The van der Waals surface area contributed by atoms with Crippen LogP contribution in [0.1, 0.15) is 5.56 Å². The van der Waals surface area contributed by atoms with E-state index in [0.717, 1.165) is 34.3 Å². The number of fused-ring (bicyclic) bond motifs is 3. The molecule has 2 aromatic heterocycles. The number of anilines is 1. The predicted octanol–water partition coefficient (Wildman–Crippen LogP) is 4.59. The van der Waals surface area contributed by atoms with Gasteiger partial charge in [-0.25, -0.2) is 4.98 Å². The average molecular weight is 367 g/mol. The first-order chi connectivity index (χ1) is 12.7. The van der Waals surface area contributed by atoms with Crippen molar-refractivity contribution in [1.82, 2.24) is 9.38 Å². The minimum Gasteiger partial charge on any atom is -0.497 e. The highest BCUT2D eigenvalue weighted by Crippen LogP contribution is 2.36. The van der Waals surface area contributed by atoms with E-state index in [1.165, 1.54) is 15.8 Å². The van der Waals surface area contributed by atoms with Gasteiger partial charge < -0.3 is 14.8 Å². The molecule has 2 aromatic carbocycles. The smallest absolute Gasteiger partial charge is 0.197 e. The number of methoxy groups -OCH3 is 2. The highest BCUT2D eigenvalue weighted by molar-refractivity contribution is 7.23. The number of thiazole rings is 1. The second kappa shape index (κ2) is 6.97. The van der Waals surface area contributed by atoms with Crippen LogP contribution in [0.15, 0.2) is 42.5 Å². The van der Waals surface area contributed by atoms with Gasteiger partial charge in [-0.3, -0.25) is 4.40 Å².